The fourth-order valence-corrected chi connectivity index (χ4v) is 3.50. The second-order valence-electron chi connectivity index (χ2n) is 8.08. The Bertz CT molecular complexity index is 1000. The van der Waals surface area contributed by atoms with Crippen LogP contribution >= 0.6 is 11.5 Å². The highest BCUT2D eigenvalue weighted by Gasteiger charge is 2.37. The predicted octanol–water partition coefficient (Wildman–Crippen LogP) is 4.30. The Kier molecular flexibility index (Phi) is 6.36. The molecular weight excluding hydrogens is 400 g/mol. The molecule has 0 unspecified atom stereocenters. The van der Waals surface area contributed by atoms with E-state index in [1.165, 1.54) is 4.90 Å². The minimum Gasteiger partial charge on any atom is -0.464 e. The third-order valence-corrected chi connectivity index (χ3v) is 4.96. The molecule has 158 valence electrons. The van der Waals surface area contributed by atoms with Crippen LogP contribution in [0.3, 0.4) is 0 Å². The number of amides is 2. The van der Waals surface area contributed by atoms with Gasteiger partial charge in [-0.25, -0.2) is 0 Å². The van der Waals surface area contributed by atoms with E-state index < -0.39 is 17.5 Å². The largest absolute Gasteiger partial charge is 0.464 e. The highest BCUT2D eigenvalue weighted by atomic mass is 32.1. The number of carbonyl (C=O) groups excluding carboxylic acids is 2. The van der Waals surface area contributed by atoms with Gasteiger partial charge in [0.2, 0.25) is 0 Å². The lowest BCUT2D eigenvalue weighted by Crippen LogP contribution is -2.49. The van der Waals surface area contributed by atoms with Crippen molar-refractivity contribution in [1.82, 2.24) is 14.9 Å². The van der Waals surface area contributed by atoms with Gasteiger partial charge in [-0.2, -0.15) is 0 Å². The van der Waals surface area contributed by atoms with Gasteiger partial charge in [-0.3, -0.25) is 14.5 Å². The molecule has 30 heavy (non-hydrogen) atoms. The molecule has 3 rings (SSSR count). The Morgan fingerprint density at radius 1 is 1.17 bits per heavy atom. The molecule has 2 aromatic heterocycles. The molecule has 7 nitrogen and oxygen atoms in total. The lowest BCUT2D eigenvalue weighted by Gasteiger charge is -2.32. The van der Waals surface area contributed by atoms with Crippen LogP contribution in [0, 0.1) is 6.92 Å². The Morgan fingerprint density at radius 2 is 1.87 bits per heavy atom. The van der Waals surface area contributed by atoms with Crippen molar-refractivity contribution in [1.29, 1.82) is 0 Å². The van der Waals surface area contributed by atoms with Gasteiger partial charge in [0.15, 0.2) is 11.7 Å². The quantitative estimate of drug-likeness (QED) is 0.635. The molecule has 2 amide bonds. The third kappa shape index (κ3) is 4.94. The summed E-state index contributed by atoms with van der Waals surface area (Å²) in [7, 11) is 0. The zero-order chi connectivity index (χ0) is 21.9. The number of nitrogens with zero attached hydrogens (tertiary/aromatic N) is 3. The van der Waals surface area contributed by atoms with E-state index in [1.807, 2.05) is 45.0 Å². The van der Waals surface area contributed by atoms with Gasteiger partial charge in [0, 0.05) is 16.6 Å². The van der Waals surface area contributed by atoms with Crippen molar-refractivity contribution in [2.45, 2.75) is 52.6 Å². The van der Waals surface area contributed by atoms with Crippen LogP contribution in [0.15, 0.2) is 46.2 Å². The summed E-state index contributed by atoms with van der Waals surface area (Å²) < 4.78 is 9.62. The molecule has 1 aromatic carbocycles. The summed E-state index contributed by atoms with van der Waals surface area (Å²) in [4.78, 5) is 28.3. The summed E-state index contributed by atoms with van der Waals surface area (Å²) in [6.45, 7) is 9.53. The van der Waals surface area contributed by atoms with Crippen LogP contribution < -0.4 is 10.2 Å². The number of benzene rings is 1. The topological polar surface area (TPSA) is 88.3 Å². The molecule has 1 N–H and O–H groups in total. The number of anilines is 1. The van der Waals surface area contributed by atoms with Crippen molar-refractivity contribution < 1.29 is 14.0 Å². The molecule has 0 saturated carbocycles. The Labute approximate surface area is 180 Å². The first-order valence-electron chi connectivity index (χ1n) is 9.77. The lowest BCUT2D eigenvalue weighted by atomic mass is 10.0. The minimum absolute atomic E-state index is 0.177. The standard InChI is InChI=1S/C22H26N4O3S/c1-6-15-8-10-16(11-9-15)26(21(28)17-13-30-25-24-17)19(18-12-7-14(2)29-18)20(27)23-22(3,4)5/h7-13,19H,6H2,1-5H3,(H,23,27)/t19-/m0/s1. The van der Waals surface area contributed by atoms with E-state index in [-0.39, 0.29) is 11.6 Å². The van der Waals surface area contributed by atoms with Crippen molar-refractivity contribution >= 4 is 29.0 Å². The zero-order valence-corrected chi connectivity index (χ0v) is 18.6. The Balaban J connectivity index is 2.14. The average Bonchev–Trinajstić information content (AvgIpc) is 3.36. The number of carbonyl (C=O) groups is 2. The number of hydrogen-bond donors (Lipinski definition) is 1. The summed E-state index contributed by atoms with van der Waals surface area (Å²) in [6, 6.07) is 10.1. The lowest BCUT2D eigenvalue weighted by molar-refractivity contribution is -0.124. The minimum atomic E-state index is -1.00. The van der Waals surface area contributed by atoms with Gasteiger partial charge in [0.1, 0.15) is 11.5 Å². The van der Waals surface area contributed by atoms with E-state index in [1.54, 1.807) is 24.4 Å². The van der Waals surface area contributed by atoms with Crippen molar-refractivity contribution in [3.05, 3.63) is 64.6 Å². The van der Waals surface area contributed by atoms with Crippen LogP contribution in [-0.4, -0.2) is 26.9 Å². The average molecular weight is 427 g/mol. The van der Waals surface area contributed by atoms with Gasteiger partial charge in [-0.1, -0.05) is 23.5 Å². The first-order chi connectivity index (χ1) is 14.2. The van der Waals surface area contributed by atoms with Crippen LogP contribution in [-0.2, 0) is 11.2 Å². The van der Waals surface area contributed by atoms with Gasteiger partial charge in [0.05, 0.1) is 0 Å². The second kappa shape index (κ2) is 8.79. The van der Waals surface area contributed by atoms with Gasteiger partial charge in [-0.05, 0) is 75.5 Å². The van der Waals surface area contributed by atoms with E-state index in [0.29, 0.717) is 17.2 Å². The smallest absolute Gasteiger partial charge is 0.280 e. The van der Waals surface area contributed by atoms with Crippen LogP contribution in [0.25, 0.3) is 0 Å². The van der Waals surface area contributed by atoms with Crippen molar-refractivity contribution in [3.63, 3.8) is 0 Å². The van der Waals surface area contributed by atoms with E-state index >= 15 is 0 Å². The maximum Gasteiger partial charge on any atom is 0.280 e. The molecule has 0 radical (unpaired) electrons. The first kappa shape index (κ1) is 21.7. The fraction of sp³-hybridized carbons (Fsp3) is 0.364. The van der Waals surface area contributed by atoms with Crippen LogP contribution in [0.4, 0.5) is 5.69 Å². The summed E-state index contributed by atoms with van der Waals surface area (Å²) in [5.74, 6) is 0.275. The Morgan fingerprint density at radius 3 is 2.37 bits per heavy atom. The van der Waals surface area contributed by atoms with Gasteiger partial charge < -0.3 is 9.73 Å². The van der Waals surface area contributed by atoms with Crippen LogP contribution in [0.2, 0.25) is 0 Å². The summed E-state index contributed by atoms with van der Waals surface area (Å²) in [6.07, 6.45) is 0.871. The number of furan rings is 1. The molecule has 0 spiro atoms. The normalized spacial score (nSPS) is 12.4. The molecule has 0 bridgehead atoms. The maximum absolute atomic E-state index is 13.5. The van der Waals surface area contributed by atoms with Gasteiger partial charge in [-0.15, -0.1) is 5.10 Å². The molecular formula is C22H26N4O3S. The van der Waals surface area contributed by atoms with Gasteiger partial charge >= 0.3 is 0 Å². The van der Waals surface area contributed by atoms with Crippen LogP contribution in [0.1, 0.15) is 61.3 Å². The van der Waals surface area contributed by atoms with Gasteiger partial charge in [0.25, 0.3) is 11.8 Å². The molecule has 1 atom stereocenters. The van der Waals surface area contributed by atoms with Crippen molar-refractivity contribution in [2.75, 3.05) is 4.90 Å². The number of aryl methyl sites for hydroxylation is 2. The maximum atomic E-state index is 13.5. The SMILES string of the molecule is CCc1ccc(N(C(=O)c2csnn2)[C@H](C(=O)NC(C)(C)C)c2ccc(C)o2)cc1. The zero-order valence-electron chi connectivity index (χ0n) is 17.8. The molecule has 3 aromatic rings. The van der Waals surface area contributed by atoms with E-state index in [0.717, 1.165) is 23.5 Å². The number of nitrogens with one attached hydrogen (secondary N) is 1. The highest BCUT2D eigenvalue weighted by Crippen LogP contribution is 2.31. The Hall–Kier alpha value is -3.00. The summed E-state index contributed by atoms with van der Waals surface area (Å²) >= 11 is 1.08. The number of hydrogen-bond acceptors (Lipinski definition) is 6. The summed E-state index contributed by atoms with van der Waals surface area (Å²) in [5, 5.41) is 8.47. The third-order valence-electron chi connectivity index (χ3n) is 4.46. The summed E-state index contributed by atoms with van der Waals surface area (Å²) in [5.41, 5.74) is 1.40. The number of aromatic nitrogens is 2. The van der Waals surface area contributed by atoms with E-state index in [4.69, 9.17) is 4.42 Å². The predicted molar refractivity (Wildman–Crippen MR) is 117 cm³/mol. The molecule has 0 fully saturated rings. The monoisotopic (exact) mass is 426 g/mol. The molecule has 8 heteroatoms. The number of rotatable bonds is 6. The van der Waals surface area contributed by atoms with Crippen molar-refractivity contribution in [2.24, 2.45) is 0 Å². The van der Waals surface area contributed by atoms with E-state index in [9.17, 15) is 9.59 Å². The second-order valence-corrected chi connectivity index (χ2v) is 8.69. The highest BCUT2D eigenvalue weighted by molar-refractivity contribution is 7.03. The molecule has 0 aliphatic heterocycles. The van der Waals surface area contributed by atoms with E-state index in [2.05, 4.69) is 21.8 Å². The molecule has 0 aliphatic carbocycles. The first-order valence-corrected chi connectivity index (χ1v) is 10.6. The van der Waals surface area contributed by atoms with Crippen LogP contribution in [0.5, 0.6) is 0 Å². The van der Waals surface area contributed by atoms with Crippen molar-refractivity contribution in [3.8, 4) is 0 Å². The molecule has 2 heterocycles. The molecule has 0 aliphatic rings. The molecule has 0 saturated heterocycles. The fourth-order valence-electron chi connectivity index (χ4n) is 3.07.